The van der Waals surface area contributed by atoms with Crippen LogP contribution in [0, 0.1) is 0 Å². The molecule has 0 saturated carbocycles. The van der Waals surface area contributed by atoms with Crippen molar-refractivity contribution in [1.29, 1.82) is 0 Å². The van der Waals surface area contributed by atoms with E-state index < -0.39 is 10.0 Å². The van der Waals surface area contributed by atoms with E-state index in [0.717, 1.165) is 5.56 Å². The van der Waals surface area contributed by atoms with Crippen LogP contribution in [0.1, 0.15) is 38.2 Å². The molecule has 23 heavy (non-hydrogen) atoms. The summed E-state index contributed by atoms with van der Waals surface area (Å²) in [5.74, 6) is 0.363. The molecule has 0 aliphatic carbocycles. The molecule has 2 rings (SSSR count). The van der Waals surface area contributed by atoms with Crippen LogP contribution in [-0.2, 0) is 14.8 Å². The standard InChI is InChI=1S/C16H24N2O4S/c1-12(2)13-4-6-15(7-5-13)23(20,21)17-14-8-10-18(11-9-14)16(19)22-3/h4-7,12,14,17H,8-11H2,1-3H3. The maximum Gasteiger partial charge on any atom is 0.409 e. The molecule has 1 fully saturated rings. The average molecular weight is 340 g/mol. The fraction of sp³-hybridized carbons (Fsp3) is 0.562. The van der Waals surface area contributed by atoms with E-state index in [2.05, 4.69) is 23.3 Å². The Morgan fingerprint density at radius 2 is 1.78 bits per heavy atom. The van der Waals surface area contributed by atoms with Gasteiger partial charge >= 0.3 is 6.09 Å². The minimum absolute atomic E-state index is 0.161. The SMILES string of the molecule is COC(=O)N1CCC(NS(=O)(=O)c2ccc(C(C)C)cc2)CC1. The molecule has 0 bridgehead atoms. The Balaban J connectivity index is 1.98. The summed E-state index contributed by atoms with van der Waals surface area (Å²) in [5, 5.41) is 0. The van der Waals surface area contributed by atoms with Gasteiger partial charge in [0.25, 0.3) is 0 Å². The van der Waals surface area contributed by atoms with Crippen molar-refractivity contribution in [3.05, 3.63) is 29.8 Å². The molecule has 0 spiro atoms. The van der Waals surface area contributed by atoms with Gasteiger partial charge in [0.2, 0.25) is 10.0 Å². The quantitative estimate of drug-likeness (QED) is 0.913. The molecule has 0 unspecified atom stereocenters. The van der Waals surface area contributed by atoms with Crippen LogP contribution in [0.2, 0.25) is 0 Å². The highest BCUT2D eigenvalue weighted by Gasteiger charge is 2.27. The van der Waals surface area contributed by atoms with Gasteiger partial charge in [-0.3, -0.25) is 0 Å². The summed E-state index contributed by atoms with van der Waals surface area (Å²) in [6, 6.07) is 6.81. The zero-order chi connectivity index (χ0) is 17.0. The van der Waals surface area contributed by atoms with E-state index in [-0.39, 0.29) is 17.0 Å². The van der Waals surface area contributed by atoms with Crippen molar-refractivity contribution < 1.29 is 17.9 Å². The van der Waals surface area contributed by atoms with Gasteiger partial charge in [0.1, 0.15) is 0 Å². The number of ether oxygens (including phenoxy) is 1. The number of sulfonamides is 1. The molecule has 1 heterocycles. The molecule has 0 atom stereocenters. The summed E-state index contributed by atoms with van der Waals surface area (Å²) in [7, 11) is -2.19. The number of methoxy groups -OCH3 is 1. The van der Waals surface area contributed by atoms with Gasteiger partial charge in [0, 0.05) is 19.1 Å². The van der Waals surface area contributed by atoms with Crippen molar-refractivity contribution in [2.75, 3.05) is 20.2 Å². The molecule has 1 aromatic carbocycles. The van der Waals surface area contributed by atoms with Crippen LogP contribution in [0.5, 0.6) is 0 Å². The minimum Gasteiger partial charge on any atom is -0.453 e. The topological polar surface area (TPSA) is 75.7 Å². The fourth-order valence-corrected chi connectivity index (χ4v) is 3.93. The Morgan fingerprint density at radius 3 is 2.26 bits per heavy atom. The number of nitrogens with one attached hydrogen (secondary N) is 1. The van der Waals surface area contributed by atoms with Crippen LogP contribution in [0.3, 0.4) is 0 Å². The minimum atomic E-state index is -3.53. The zero-order valence-electron chi connectivity index (χ0n) is 13.8. The average Bonchev–Trinajstić information content (AvgIpc) is 2.54. The predicted molar refractivity (Wildman–Crippen MR) is 87.9 cm³/mol. The van der Waals surface area contributed by atoms with Gasteiger partial charge < -0.3 is 9.64 Å². The number of piperidine rings is 1. The number of rotatable bonds is 4. The number of likely N-dealkylation sites (tertiary alicyclic amines) is 1. The second-order valence-electron chi connectivity index (χ2n) is 6.08. The fourth-order valence-electron chi connectivity index (χ4n) is 2.63. The second-order valence-corrected chi connectivity index (χ2v) is 7.79. The van der Waals surface area contributed by atoms with Gasteiger partial charge in [-0.1, -0.05) is 26.0 Å². The lowest BCUT2D eigenvalue weighted by molar-refractivity contribution is 0.111. The van der Waals surface area contributed by atoms with Gasteiger partial charge in [0.15, 0.2) is 0 Å². The van der Waals surface area contributed by atoms with Crippen LogP contribution in [0.15, 0.2) is 29.2 Å². The van der Waals surface area contributed by atoms with Crippen molar-refractivity contribution >= 4 is 16.1 Å². The zero-order valence-corrected chi connectivity index (χ0v) is 14.6. The normalized spacial score (nSPS) is 16.6. The van der Waals surface area contributed by atoms with E-state index in [9.17, 15) is 13.2 Å². The lowest BCUT2D eigenvalue weighted by Crippen LogP contribution is -2.46. The smallest absolute Gasteiger partial charge is 0.409 e. The first kappa shape index (κ1) is 17.7. The van der Waals surface area contributed by atoms with Gasteiger partial charge in [-0.05, 0) is 36.5 Å². The van der Waals surface area contributed by atoms with Crippen molar-refractivity contribution in [2.24, 2.45) is 0 Å². The van der Waals surface area contributed by atoms with E-state index in [4.69, 9.17) is 0 Å². The number of nitrogens with zero attached hydrogens (tertiary/aromatic N) is 1. The third kappa shape index (κ3) is 4.45. The molecule has 7 heteroatoms. The monoisotopic (exact) mass is 340 g/mol. The molecule has 1 saturated heterocycles. The summed E-state index contributed by atoms with van der Waals surface area (Å²) in [4.78, 5) is 13.3. The Kier molecular flexibility index (Phi) is 5.64. The van der Waals surface area contributed by atoms with Gasteiger partial charge in [-0.25, -0.2) is 17.9 Å². The molecule has 1 aliphatic rings. The number of hydrogen-bond donors (Lipinski definition) is 1. The van der Waals surface area contributed by atoms with E-state index >= 15 is 0 Å². The highest BCUT2D eigenvalue weighted by Crippen LogP contribution is 2.19. The molecule has 0 aromatic heterocycles. The summed E-state index contributed by atoms with van der Waals surface area (Å²) in [6.07, 6.45) is 0.798. The molecule has 128 valence electrons. The first-order chi connectivity index (χ1) is 10.8. The molecule has 1 aromatic rings. The van der Waals surface area contributed by atoms with Crippen molar-refractivity contribution in [3.63, 3.8) is 0 Å². The summed E-state index contributed by atoms with van der Waals surface area (Å²) >= 11 is 0. The Bertz CT molecular complexity index is 633. The van der Waals surface area contributed by atoms with Crippen molar-refractivity contribution in [1.82, 2.24) is 9.62 Å². The van der Waals surface area contributed by atoms with E-state index in [0.29, 0.717) is 31.8 Å². The summed E-state index contributed by atoms with van der Waals surface area (Å²) in [5.41, 5.74) is 1.11. The van der Waals surface area contributed by atoms with Crippen molar-refractivity contribution in [3.8, 4) is 0 Å². The number of carbonyl (C=O) groups excluding carboxylic acids is 1. The molecular formula is C16H24N2O4S. The lowest BCUT2D eigenvalue weighted by Gasteiger charge is -2.31. The van der Waals surface area contributed by atoms with E-state index in [1.165, 1.54) is 7.11 Å². The largest absolute Gasteiger partial charge is 0.453 e. The molecule has 6 nitrogen and oxygen atoms in total. The second kappa shape index (κ2) is 7.31. The molecule has 1 N–H and O–H groups in total. The van der Waals surface area contributed by atoms with Crippen LogP contribution in [-0.4, -0.2) is 45.7 Å². The molecular weight excluding hydrogens is 316 g/mol. The van der Waals surface area contributed by atoms with Crippen LogP contribution in [0.4, 0.5) is 4.79 Å². The van der Waals surface area contributed by atoms with Gasteiger partial charge in [0.05, 0.1) is 12.0 Å². The number of carbonyl (C=O) groups is 1. The Hall–Kier alpha value is -1.60. The first-order valence-electron chi connectivity index (χ1n) is 7.78. The maximum atomic E-state index is 12.4. The molecule has 1 amide bonds. The maximum absolute atomic E-state index is 12.4. The van der Waals surface area contributed by atoms with Crippen LogP contribution < -0.4 is 4.72 Å². The number of amides is 1. The number of hydrogen-bond acceptors (Lipinski definition) is 4. The lowest BCUT2D eigenvalue weighted by atomic mass is 10.0. The highest BCUT2D eigenvalue weighted by molar-refractivity contribution is 7.89. The van der Waals surface area contributed by atoms with Crippen LogP contribution >= 0.6 is 0 Å². The van der Waals surface area contributed by atoms with Gasteiger partial charge in [-0.15, -0.1) is 0 Å². The van der Waals surface area contributed by atoms with Crippen LogP contribution in [0.25, 0.3) is 0 Å². The van der Waals surface area contributed by atoms with E-state index in [1.807, 2.05) is 12.1 Å². The van der Waals surface area contributed by atoms with Crippen molar-refractivity contribution in [2.45, 2.75) is 43.5 Å². The third-order valence-corrected chi connectivity index (χ3v) is 5.64. The molecule has 0 radical (unpaired) electrons. The highest BCUT2D eigenvalue weighted by atomic mass is 32.2. The Labute approximate surface area is 137 Å². The summed E-state index contributed by atoms with van der Waals surface area (Å²) < 4.78 is 32.3. The summed E-state index contributed by atoms with van der Waals surface area (Å²) in [6.45, 7) is 5.12. The molecule has 1 aliphatic heterocycles. The Morgan fingerprint density at radius 1 is 1.22 bits per heavy atom. The third-order valence-electron chi connectivity index (χ3n) is 4.11. The predicted octanol–water partition coefficient (Wildman–Crippen LogP) is 2.32. The number of benzene rings is 1. The van der Waals surface area contributed by atoms with E-state index in [1.54, 1.807) is 17.0 Å². The first-order valence-corrected chi connectivity index (χ1v) is 9.27. The van der Waals surface area contributed by atoms with Gasteiger partial charge in [-0.2, -0.15) is 0 Å².